The highest BCUT2D eigenvalue weighted by atomic mass is 16.5. The SMILES string of the molecule is CN=C(NCc1cccc(Cn2cncn2)c1)NCc1ccc(C)cc1OCCOC. The van der Waals surface area contributed by atoms with Crippen molar-refractivity contribution < 1.29 is 9.47 Å². The van der Waals surface area contributed by atoms with E-state index in [-0.39, 0.29) is 0 Å². The molecule has 1 heterocycles. The Balaban J connectivity index is 1.54. The molecule has 8 nitrogen and oxygen atoms in total. The lowest BCUT2D eigenvalue weighted by molar-refractivity contribution is 0.145. The molecule has 164 valence electrons. The van der Waals surface area contributed by atoms with Crippen LogP contribution in [0, 0.1) is 6.92 Å². The zero-order chi connectivity index (χ0) is 21.9. The molecule has 2 aromatic carbocycles. The van der Waals surface area contributed by atoms with Crippen LogP contribution in [0.15, 0.2) is 60.1 Å². The van der Waals surface area contributed by atoms with Gasteiger partial charge in [-0.05, 0) is 29.7 Å². The Morgan fingerprint density at radius 3 is 2.68 bits per heavy atom. The number of rotatable bonds is 10. The fourth-order valence-corrected chi connectivity index (χ4v) is 3.10. The van der Waals surface area contributed by atoms with Gasteiger partial charge in [0, 0.05) is 32.8 Å². The lowest BCUT2D eigenvalue weighted by atomic mass is 10.1. The molecule has 0 atom stereocenters. The molecule has 0 bridgehead atoms. The fraction of sp³-hybridized carbons (Fsp3) is 0.348. The van der Waals surface area contributed by atoms with E-state index in [2.05, 4.69) is 69.0 Å². The maximum Gasteiger partial charge on any atom is 0.191 e. The van der Waals surface area contributed by atoms with Gasteiger partial charge in [-0.15, -0.1) is 0 Å². The van der Waals surface area contributed by atoms with E-state index in [0.717, 1.165) is 22.8 Å². The van der Waals surface area contributed by atoms with Gasteiger partial charge in [0.15, 0.2) is 5.96 Å². The number of nitrogens with one attached hydrogen (secondary N) is 2. The minimum atomic E-state index is 0.519. The molecule has 0 fully saturated rings. The van der Waals surface area contributed by atoms with Crippen LogP contribution in [-0.2, 0) is 24.4 Å². The minimum absolute atomic E-state index is 0.519. The molecule has 0 unspecified atom stereocenters. The third kappa shape index (κ3) is 7.11. The summed E-state index contributed by atoms with van der Waals surface area (Å²) in [6.07, 6.45) is 3.26. The first-order valence-electron chi connectivity index (χ1n) is 10.2. The predicted octanol–water partition coefficient (Wildman–Crippen LogP) is 2.53. The molecule has 3 rings (SSSR count). The van der Waals surface area contributed by atoms with Crippen LogP contribution in [0.5, 0.6) is 5.75 Å². The highest BCUT2D eigenvalue weighted by molar-refractivity contribution is 5.79. The van der Waals surface area contributed by atoms with E-state index in [1.165, 1.54) is 11.1 Å². The normalized spacial score (nSPS) is 11.4. The second-order valence-corrected chi connectivity index (χ2v) is 7.14. The van der Waals surface area contributed by atoms with Gasteiger partial charge < -0.3 is 20.1 Å². The first-order chi connectivity index (χ1) is 15.2. The Morgan fingerprint density at radius 1 is 1.06 bits per heavy atom. The van der Waals surface area contributed by atoms with Gasteiger partial charge in [0.05, 0.1) is 13.2 Å². The third-order valence-corrected chi connectivity index (χ3v) is 4.70. The largest absolute Gasteiger partial charge is 0.491 e. The van der Waals surface area contributed by atoms with Crippen molar-refractivity contribution in [3.05, 3.63) is 77.4 Å². The Kier molecular flexibility index (Phi) is 8.42. The number of hydrogen-bond donors (Lipinski definition) is 2. The Hall–Kier alpha value is -3.39. The first kappa shape index (κ1) is 22.3. The molecule has 1 aromatic heterocycles. The fourth-order valence-electron chi connectivity index (χ4n) is 3.10. The topological polar surface area (TPSA) is 85.6 Å². The first-order valence-corrected chi connectivity index (χ1v) is 10.2. The molecule has 0 spiro atoms. The van der Waals surface area contributed by atoms with Gasteiger partial charge in [-0.25, -0.2) is 9.67 Å². The summed E-state index contributed by atoms with van der Waals surface area (Å²) in [6, 6.07) is 14.6. The van der Waals surface area contributed by atoms with Gasteiger partial charge in [0.1, 0.15) is 25.0 Å². The van der Waals surface area contributed by atoms with Crippen LogP contribution in [0.4, 0.5) is 0 Å². The molecule has 0 aliphatic carbocycles. The number of ether oxygens (including phenoxy) is 2. The zero-order valence-corrected chi connectivity index (χ0v) is 18.3. The molecular weight excluding hydrogens is 392 g/mol. The number of methoxy groups -OCH3 is 1. The monoisotopic (exact) mass is 422 g/mol. The lowest BCUT2D eigenvalue weighted by Crippen LogP contribution is -2.36. The number of aromatic nitrogens is 3. The van der Waals surface area contributed by atoms with E-state index in [4.69, 9.17) is 9.47 Å². The smallest absolute Gasteiger partial charge is 0.191 e. The van der Waals surface area contributed by atoms with Crippen molar-refractivity contribution in [2.24, 2.45) is 4.99 Å². The van der Waals surface area contributed by atoms with Crippen molar-refractivity contribution in [1.82, 2.24) is 25.4 Å². The van der Waals surface area contributed by atoms with Crippen LogP contribution < -0.4 is 15.4 Å². The van der Waals surface area contributed by atoms with Crippen LogP contribution in [0.1, 0.15) is 22.3 Å². The van der Waals surface area contributed by atoms with Crippen molar-refractivity contribution in [1.29, 1.82) is 0 Å². The molecule has 0 saturated heterocycles. The van der Waals surface area contributed by atoms with Crippen LogP contribution in [-0.4, -0.2) is 48.1 Å². The zero-order valence-electron chi connectivity index (χ0n) is 18.3. The Bertz CT molecular complexity index is 972. The van der Waals surface area contributed by atoms with E-state index in [0.29, 0.717) is 32.8 Å². The molecule has 0 radical (unpaired) electrons. The Morgan fingerprint density at radius 2 is 1.90 bits per heavy atom. The molecule has 0 saturated carbocycles. The van der Waals surface area contributed by atoms with E-state index in [1.54, 1.807) is 31.5 Å². The minimum Gasteiger partial charge on any atom is -0.491 e. The summed E-state index contributed by atoms with van der Waals surface area (Å²) in [5.41, 5.74) is 4.56. The van der Waals surface area contributed by atoms with Crippen molar-refractivity contribution in [3.63, 3.8) is 0 Å². The second kappa shape index (κ2) is 11.7. The van der Waals surface area contributed by atoms with Crippen molar-refractivity contribution >= 4 is 5.96 Å². The third-order valence-electron chi connectivity index (χ3n) is 4.70. The standard InChI is InChI=1S/C23H30N6O2/c1-18-7-8-21(22(11-18)31-10-9-30-3)14-27-23(24-2)26-13-19-5-4-6-20(12-19)15-29-17-25-16-28-29/h4-8,11-12,16-17H,9-10,13-15H2,1-3H3,(H2,24,26,27). The molecule has 0 aliphatic rings. The van der Waals surface area contributed by atoms with Crippen LogP contribution in [0.3, 0.4) is 0 Å². The summed E-state index contributed by atoms with van der Waals surface area (Å²) >= 11 is 0. The van der Waals surface area contributed by atoms with Crippen molar-refractivity contribution in [2.75, 3.05) is 27.4 Å². The molecular formula is C23H30N6O2. The van der Waals surface area contributed by atoms with E-state index in [9.17, 15) is 0 Å². The van der Waals surface area contributed by atoms with Crippen LogP contribution >= 0.6 is 0 Å². The van der Waals surface area contributed by atoms with Crippen molar-refractivity contribution in [2.45, 2.75) is 26.6 Å². The molecule has 0 amide bonds. The average molecular weight is 423 g/mol. The lowest BCUT2D eigenvalue weighted by Gasteiger charge is -2.16. The van der Waals surface area contributed by atoms with Crippen LogP contribution in [0.25, 0.3) is 0 Å². The summed E-state index contributed by atoms with van der Waals surface area (Å²) in [5.74, 6) is 1.59. The van der Waals surface area contributed by atoms with Crippen molar-refractivity contribution in [3.8, 4) is 5.75 Å². The van der Waals surface area contributed by atoms with E-state index < -0.39 is 0 Å². The predicted molar refractivity (Wildman–Crippen MR) is 121 cm³/mol. The summed E-state index contributed by atoms with van der Waals surface area (Å²) in [4.78, 5) is 8.32. The van der Waals surface area contributed by atoms with Gasteiger partial charge in [-0.2, -0.15) is 5.10 Å². The van der Waals surface area contributed by atoms with Gasteiger partial charge in [0.2, 0.25) is 0 Å². The van der Waals surface area contributed by atoms with Gasteiger partial charge >= 0.3 is 0 Å². The van der Waals surface area contributed by atoms with Gasteiger partial charge in [-0.1, -0.05) is 36.4 Å². The number of aliphatic imine (C=N–C) groups is 1. The maximum absolute atomic E-state index is 5.87. The summed E-state index contributed by atoms with van der Waals surface area (Å²) in [6.45, 7) is 5.09. The molecule has 31 heavy (non-hydrogen) atoms. The number of nitrogens with zero attached hydrogens (tertiary/aromatic N) is 4. The highest BCUT2D eigenvalue weighted by Crippen LogP contribution is 2.20. The van der Waals surface area contributed by atoms with Gasteiger partial charge in [-0.3, -0.25) is 4.99 Å². The van der Waals surface area contributed by atoms with E-state index >= 15 is 0 Å². The van der Waals surface area contributed by atoms with Gasteiger partial charge in [0.25, 0.3) is 0 Å². The Labute approximate surface area is 183 Å². The second-order valence-electron chi connectivity index (χ2n) is 7.14. The molecule has 2 N–H and O–H groups in total. The summed E-state index contributed by atoms with van der Waals surface area (Å²) < 4.78 is 12.8. The number of aryl methyl sites for hydroxylation is 1. The molecule has 0 aliphatic heterocycles. The highest BCUT2D eigenvalue weighted by Gasteiger charge is 2.07. The summed E-state index contributed by atoms with van der Waals surface area (Å²) in [5, 5.41) is 10.9. The number of benzene rings is 2. The maximum atomic E-state index is 5.87. The average Bonchev–Trinajstić information content (AvgIpc) is 3.28. The quantitative estimate of drug-likeness (QED) is 0.297. The number of guanidine groups is 1. The molecule has 8 heteroatoms. The van der Waals surface area contributed by atoms with Crippen LogP contribution in [0.2, 0.25) is 0 Å². The molecule has 3 aromatic rings. The number of hydrogen-bond acceptors (Lipinski definition) is 5. The van der Waals surface area contributed by atoms with E-state index in [1.807, 2.05) is 6.07 Å². The summed E-state index contributed by atoms with van der Waals surface area (Å²) in [7, 11) is 3.43.